The molecule has 0 bridgehead atoms. The standard InChI is InChI=1S/C20H22N4O2/c1-21-20(26)15-9-7-14(8-10-15)13-24(2)19(25)12-11-18-22-16-5-3-4-6-17(16)23-18/h3-10H,11-13H2,1-2H3,(H,21,26)(H,22,23). The molecule has 0 spiro atoms. The zero-order valence-corrected chi connectivity index (χ0v) is 15.0. The molecule has 2 aromatic carbocycles. The van der Waals surface area contributed by atoms with Crippen molar-refractivity contribution in [3.05, 3.63) is 65.5 Å². The van der Waals surface area contributed by atoms with Crippen LogP contribution in [0.2, 0.25) is 0 Å². The predicted molar refractivity (Wildman–Crippen MR) is 101 cm³/mol. The number of imidazole rings is 1. The number of carbonyl (C=O) groups is 2. The van der Waals surface area contributed by atoms with E-state index in [1.807, 2.05) is 36.4 Å². The molecule has 3 aromatic rings. The number of para-hydroxylation sites is 2. The van der Waals surface area contributed by atoms with Crippen molar-refractivity contribution in [2.24, 2.45) is 0 Å². The van der Waals surface area contributed by atoms with Crippen LogP contribution in [0.5, 0.6) is 0 Å². The van der Waals surface area contributed by atoms with Crippen molar-refractivity contribution in [2.45, 2.75) is 19.4 Å². The van der Waals surface area contributed by atoms with Crippen molar-refractivity contribution in [1.82, 2.24) is 20.2 Å². The molecule has 2 N–H and O–H groups in total. The number of fused-ring (bicyclic) bond motifs is 1. The lowest BCUT2D eigenvalue weighted by molar-refractivity contribution is -0.130. The highest BCUT2D eigenvalue weighted by Gasteiger charge is 2.12. The van der Waals surface area contributed by atoms with Gasteiger partial charge in [0.2, 0.25) is 5.91 Å². The predicted octanol–water partition coefficient (Wildman–Crippen LogP) is 2.51. The zero-order chi connectivity index (χ0) is 18.5. The van der Waals surface area contributed by atoms with Gasteiger partial charge in [-0.3, -0.25) is 9.59 Å². The number of nitrogens with one attached hydrogen (secondary N) is 2. The summed E-state index contributed by atoms with van der Waals surface area (Å²) in [5.41, 5.74) is 3.49. The Morgan fingerprint density at radius 1 is 1.12 bits per heavy atom. The molecule has 134 valence electrons. The Labute approximate surface area is 152 Å². The maximum atomic E-state index is 12.4. The van der Waals surface area contributed by atoms with E-state index in [1.165, 1.54) is 0 Å². The number of benzene rings is 2. The summed E-state index contributed by atoms with van der Waals surface area (Å²) in [5.74, 6) is 0.760. The molecule has 2 amide bonds. The number of aromatic nitrogens is 2. The summed E-state index contributed by atoms with van der Waals surface area (Å²) in [5, 5.41) is 2.59. The van der Waals surface area contributed by atoms with Gasteiger partial charge in [-0.25, -0.2) is 4.98 Å². The number of H-pyrrole nitrogens is 1. The smallest absolute Gasteiger partial charge is 0.251 e. The van der Waals surface area contributed by atoms with Gasteiger partial charge in [0.25, 0.3) is 5.91 Å². The molecule has 0 aliphatic carbocycles. The van der Waals surface area contributed by atoms with Gasteiger partial charge in [-0.1, -0.05) is 24.3 Å². The van der Waals surface area contributed by atoms with E-state index in [0.717, 1.165) is 22.4 Å². The second-order valence-corrected chi connectivity index (χ2v) is 6.23. The monoisotopic (exact) mass is 350 g/mol. The van der Waals surface area contributed by atoms with Gasteiger partial charge in [-0.05, 0) is 29.8 Å². The summed E-state index contributed by atoms with van der Waals surface area (Å²) >= 11 is 0. The fourth-order valence-corrected chi connectivity index (χ4v) is 2.81. The molecule has 1 aromatic heterocycles. The molecule has 0 saturated carbocycles. The summed E-state index contributed by atoms with van der Waals surface area (Å²) < 4.78 is 0. The Bertz CT molecular complexity index is 882. The minimum absolute atomic E-state index is 0.0563. The molecule has 0 saturated heterocycles. The van der Waals surface area contributed by atoms with E-state index in [-0.39, 0.29) is 11.8 Å². The highest BCUT2D eigenvalue weighted by molar-refractivity contribution is 5.93. The molecule has 0 radical (unpaired) electrons. The quantitative estimate of drug-likeness (QED) is 0.717. The largest absolute Gasteiger partial charge is 0.355 e. The van der Waals surface area contributed by atoms with E-state index < -0.39 is 0 Å². The Morgan fingerprint density at radius 2 is 1.85 bits per heavy atom. The number of carbonyl (C=O) groups excluding carboxylic acids is 2. The molecular formula is C20H22N4O2. The Balaban J connectivity index is 1.55. The SMILES string of the molecule is CNC(=O)c1ccc(CN(C)C(=O)CCc2nc3ccccc3[nH]2)cc1. The van der Waals surface area contributed by atoms with E-state index >= 15 is 0 Å². The van der Waals surface area contributed by atoms with Gasteiger partial charge in [-0.2, -0.15) is 0 Å². The van der Waals surface area contributed by atoms with Crippen LogP contribution in [0.4, 0.5) is 0 Å². The van der Waals surface area contributed by atoms with E-state index in [1.54, 1.807) is 31.1 Å². The maximum absolute atomic E-state index is 12.4. The first-order valence-electron chi connectivity index (χ1n) is 8.55. The van der Waals surface area contributed by atoms with Gasteiger partial charge in [0.05, 0.1) is 11.0 Å². The summed E-state index contributed by atoms with van der Waals surface area (Å²) in [6.07, 6.45) is 0.972. The van der Waals surface area contributed by atoms with Crippen molar-refractivity contribution in [1.29, 1.82) is 0 Å². The number of nitrogens with zero attached hydrogens (tertiary/aromatic N) is 2. The van der Waals surface area contributed by atoms with Gasteiger partial charge in [0.15, 0.2) is 0 Å². The van der Waals surface area contributed by atoms with E-state index in [2.05, 4.69) is 15.3 Å². The number of rotatable bonds is 6. The van der Waals surface area contributed by atoms with E-state index in [4.69, 9.17) is 0 Å². The first-order chi connectivity index (χ1) is 12.6. The van der Waals surface area contributed by atoms with Gasteiger partial charge in [0, 0.05) is 39.0 Å². The topological polar surface area (TPSA) is 78.1 Å². The number of amides is 2. The molecule has 3 rings (SSSR count). The van der Waals surface area contributed by atoms with Gasteiger partial charge < -0.3 is 15.2 Å². The van der Waals surface area contributed by atoms with Crippen molar-refractivity contribution in [2.75, 3.05) is 14.1 Å². The average molecular weight is 350 g/mol. The van der Waals surface area contributed by atoms with Gasteiger partial charge in [-0.15, -0.1) is 0 Å². The lowest BCUT2D eigenvalue weighted by Gasteiger charge is -2.17. The summed E-state index contributed by atoms with van der Waals surface area (Å²) in [4.78, 5) is 33.4. The number of hydrogen-bond donors (Lipinski definition) is 2. The highest BCUT2D eigenvalue weighted by Crippen LogP contribution is 2.12. The molecule has 6 heteroatoms. The van der Waals surface area contributed by atoms with Gasteiger partial charge in [0.1, 0.15) is 5.82 Å². The summed E-state index contributed by atoms with van der Waals surface area (Å²) in [7, 11) is 3.39. The summed E-state index contributed by atoms with van der Waals surface area (Å²) in [6, 6.07) is 15.1. The lowest BCUT2D eigenvalue weighted by atomic mass is 10.1. The third-order valence-corrected chi connectivity index (χ3v) is 4.30. The molecule has 6 nitrogen and oxygen atoms in total. The highest BCUT2D eigenvalue weighted by atomic mass is 16.2. The molecule has 0 unspecified atom stereocenters. The molecular weight excluding hydrogens is 328 g/mol. The third kappa shape index (κ3) is 4.08. The molecule has 0 fully saturated rings. The second kappa shape index (κ2) is 7.82. The van der Waals surface area contributed by atoms with Crippen LogP contribution in [0, 0.1) is 0 Å². The minimum Gasteiger partial charge on any atom is -0.355 e. The van der Waals surface area contributed by atoms with Crippen LogP contribution in [-0.2, 0) is 17.8 Å². The third-order valence-electron chi connectivity index (χ3n) is 4.30. The van der Waals surface area contributed by atoms with Crippen molar-refractivity contribution in [3.8, 4) is 0 Å². The average Bonchev–Trinajstić information content (AvgIpc) is 3.09. The van der Waals surface area contributed by atoms with Crippen LogP contribution >= 0.6 is 0 Å². The summed E-state index contributed by atoms with van der Waals surface area (Å²) in [6.45, 7) is 0.507. The van der Waals surface area contributed by atoms with Crippen LogP contribution in [0.15, 0.2) is 48.5 Å². The number of aromatic amines is 1. The van der Waals surface area contributed by atoms with Crippen molar-refractivity contribution in [3.63, 3.8) is 0 Å². The Kier molecular flexibility index (Phi) is 5.31. The van der Waals surface area contributed by atoms with E-state index in [9.17, 15) is 9.59 Å². The van der Waals surface area contributed by atoms with Crippen LogP contribution in [0.25, 0.3) is 11.0 Å². The lowest BCUT2D eigenvalue weighted by Crippen LogP contribution is -2.26. The fourth-order valence-electron chi connectivity index (χ4n) is 2.81. The first-order valence-corrected chi connectivity index (χ1v) is 8.55. The zero-order valence-electron chi connectivity index (χ0n) is 15.0. The normalized spacial score (nSPS) is 10.7. The second-order valence-electron chi connectivity index (χ2n) is 6.23. The fraction of sp³-hybridized carbons (Fsp3) is 0.250. The van der Waals surface area contributed by atoms with Crippen LogP contribution < -0.4 is 5.32 Å². The first kappa shape index (κ1) is 17.7. The molecule has 0 atom stereocenters. The Morgan fingerprint density at radius 3 is 2.54 bits per heavy atom. The van der Waals surface area contributed by atoms with Crippen LogP contribution in [0.3, 0.4) is 0 Å². The van der Waals surface area contributed by atoms with Crippen molar-refractivity contribution >= 4 is 22.8 Å². The molecule has 26 heavy (non-hydrogen) atoms. The Hall–Kier alpha value is -3.15. The number of hydrogen-bond acceptors (Lipinski definition) is 3. The van der Waals surface area contributed by atoms with E-state index in [0.29, 0.717) is 24.9 Å². The van der Waals surface area contributed by atoms with Crippen LogP contribution in [-0.4, -0.2) is 40.8 Å². The van der Waals surface area contributed by atoms with Crippen molar-refractivity contribution < 1.29 is 9.59 Å². The van der Waals surface area contributed by atoms with Gasteiger partial charge >= 0.3 is 0 Å². The minimum atomic E-state index is -0.119. The number of aryl methyl sites for hydroxylation is 1. The molecule has 0 aliphatic rings. The maximum Gasteiger partial charge on any atom is 0.251 e. The van der Waals surface area contributed by atoms with Crippen LogP contribution in [0.1, 0.15) is 28.2 Å². The molecule has 0 aliphatic heterocycles. The molecule has 1 heterocycles.